The minimum atomic E-state index is -2.05. The highest BCUT2D eigenvalue weighted by Gasteiger charge is 2.66. The maximum atomic E-state index is 12.6. The number of hydrogen-bond acceptors (Lipinski definition) is 7. The first-order valence-corrected chi connectivity index (χ1v) is 10.6. The van der Waals surface area contributed by atoms with E-state index in [1.54, 1.807) is 19.9 Å². The van der Waals surface area contributed by atoms with Crippen LogP contribution in [0.4, 0.5) is 0 Å². The fourth-order valence-corrected chi connectivity index (χ4v) is 5.67. The van der Waals surface area contributed by atoms with Crippen molar-refractivity contribution >= 4 is 29.3 Å². The summed E-state index contributed by atoms with van der Waals surface area (Å²) < 4.78 is 11.0. The third-order valence-electron chi connectivity index (χ3n) is 7.26. The molecule has 9 unspecified atom stereocenters. The van der Waals surface area contributed by atoms with Crippen LogP contribution in [0.1, 0.15) is 40.5 Å². The molecule has 1 aliphatic heterocycles. The second-order valence-electron chi connectivity index (χ2n) is 9.02. The van der Waals surface area contributed by atoms with Gasteiger partial charge >= 0.3 is 11.9 Å². The minimum absolute atomic E-state index is 0.222. The van der Waals surface area contributed by atoms with Crippen molar-refractivity contribution in [1.82, 2.24) is 0 Å². The van der Waals surface area contributed by atoms with Crippen molar-refractivity contribution in [2.24, 2.45) is 23.2 Å². The fourth-order valence-electron chi connectivity index (χ4n) is 5.30. The number of ketones is 1. The molecule has 0 amide bonds. The minimum Gasteiger partial charge on any atom is -0.462 e. The Hall–Kier alpha value is -1.70. The van der Waals surface area contributed by atoms with Crippen molar-refractivity contribution < 1.29 is 34.1 Å². The van der Waals surface area contributed by atoms with E-state index in [0.29, 0.717) is 18.4 Å². The van der Waals surface area contributed by atoms with Crippen molar-refractivity contribution in [2.75, 3.05) is 0 Å². The highest BCUT2D eigenvalue weighted by atomic mass is 35.5. The highest BCUT2D eigenvalue weighted by Crippen LogP contribution is 2.53. The molecular weight excluding hydrogens is 412 g/mol. The van der Waals surface area contributed by atoms with Crippen LogP contribution in [-0.4, -0.2) is 57.2 Å². The first kappa shape index (κ1) is 23.0. The smallest absolute Gasteiger partial charge is 0.312 e. The summed E-state index contributed by atoms with van der Waals surface area (Å²) in [4.78, 5) is 36.8. The van der Waals surface area contributed by atoms with Crippen LogP contribution in [0.15, 0.2) is 24.3 Å². The maximum absolute atomic E-state index is 12.6. The zero-order chi connectivity index (χ0) is 22.6. The van der Waals surface area contributed by atoms with Gasteiger partial charge < -0.3 is 19.7 Å². The van der Waals surface area contributed by atoms with Gasteiger partial charge in [0.1, 0.15) is 11.7 Å². The predicted octanol–water partition coefficient (Wildman–Crippen LogP) is 1.93. The van der Waals surface area contributed by atoms with Gasteiger partial charge in [-0.25, -0.2) is 0 Å². The Morgan fingerprint density at radius 1 is 1.37 bits per heavy atom. The number of hydrogen-bond donors (Lipinski definition) is 2. The Balaban J connectivity index is 2.21. The average Bonchev–Trinajstić information content (AvgIpc) is 2.91. The predicted molar refractivity (Wildman–Crippen MR) is 108 cm³/mol. The van der Waals surface area contributed by atoms with Gasteiger partial charge in [0, 0.05) is 24.2 Å². The number of alkyl halides is 1. The molecule has 2 fully saturated rings. The molecule has 2 N–H and O–H groups in total. The Morgan fingerprint density at radius 2 is 2.00 bits per heavy atom. The molecule has 8 heteroatoms. The van der Waals surface area contributed by atoms with E-state index in [1.165, 1.54) is 19.9 Å². The van der Waals surface area contributed by atoms with Gasteiger partial charge in [-0.2, -0.15) is 0 Å². The number of aliphatic hydroxyl groups excluding tert-OH is 1. The van der Waals surface area contributed by atoms with Crippen LogP contribution in [-0.2, 0) is 23.9 Å². The second-order valence-corrected chi connectivity index (χ2v) is 9.49. The molecule has 166 valence electrons. The first-order chi connectivity index (χ1) is 13.9. The number of fused-ring (bicyclic) bond motifs is 2. The summed E-state index contributed by atoms with van der Waals surface area (Å²) in [6, 6.07) is 0. The molecule has 30 heavy (non-hydrogen) atoms. The molecule has 0 bridgehead atoms. The number of carbonyl (C=O) groups excluding carboxylic acids is 3. The van der Waals surface area contributed by atoms with Gasteiger partial charge in [-0.05, 0) is 25.8 Å². The van der Waals surface area contributed by atoms with E-state index in [-0.39, 0.29) is 5.78 Å². The SMILES string of the molecule is C=C1CCC(OC(C)=O)C2(C)C=CC(=O)C(C)C2C(O)C2(O)C(C)C(=O)OC2C1Cl. The number of aliphatic hydroxyl groups is 2. The molecule has 1 saturated heterocycles. The number of halogens is 1. The van der Waals surface area contributed by atoms with Crippen LogP contribution in [0, 0.1) is 23.2 Å². The van der Waals surface area contributed by atoms with E-state index in [0.717, 1.165) is 0 Å². The number of ether oxygens (including phenoxy) is 2. The summed E-state index contributed by atoms with van der Waals surface area (Å²) in [6.45, 7) is 10.2. The summed E-state index contributed by atoms with van der Waals surface area (Å²) in [5, 5.41) is 22.3. The molecule has 0 spiro atoms. The monoisotopic (exact) mass is 440 g/mol. The molecule has 3 aliphatic rings. The van der Waals surface area contributed by atoms with Crippen LogP contribution in [0.3, 0.4) is 0 Å². The molecule has 9 atom stereocenters. The van der Waals surface area contributed by atoms with E-state index in [1.807, 2.05) is 0 Å². The van der Waals surface area contributed by atoms with Crippen molar-refractivity contribution in [3.8, 4) is 0 Å². The van der Waals surface area contributed by atoms with Gasteiger partial charge in [-0.3, -0.25) is 14.4 Å². The lowest BCUT2D eigenvalue weighted by molar-refractivity contribution is -0.190. The van der Waals surface area contributed by atoms with Gasteiger partial charge in [0.15, 0.2) is 11.9 Å². The summed E-state index contributed by atoms with van der Waals surface area (Å²) in [5.41, 5.74) is -2.53. The van der Waals surface area contributed by atoms with Gasteiger partial charge in [-0.1, -0.05) is 32.1 Å². The lowest BCUT2D eigenvalue weighted by Gasteiger charge is -2.52. The third-order valence-corrected chi connectivity index (χ3v) is 7.80. The molecule has 0 aromatic heterocycles. The zero-order valence-corrected chi connectivity index (χ0v) is 18.4. The quantitative estimate of drug-likeness (QED) is 0.364. The molecule has 2 aliphatic carbocycles. The molecule has 1 heterocycles. The third kappa shape index (κ3) is 3.31. The van der Waals surface area contributed by atoms with Gasteiger partial charge in [0.25, 0.3) is 0 Å². The van der Waals surface area contributed by atoms with E-state index in [9.17, 15) is 24.6 Å². The molecule has 0 aromatic carbocycles. The Kier molecular flexibility index (Phi) is 5.95. The Labute approximate surface area is 181 Å². The van der Waals surface area contributed by atoms with Crippen molar-refractivity contribution in [3.63, 3.8) is 0 Å². The lowest BCUT2D eigenvalue weighted by atomic mass is 9.56. The van der Waals surface area contributed by atoms with E-state index < -0.39 is 64.4 Å². The molecular formula is C22H29ClO7. The van der Waals surface area contributed by atoms with Crippen LogP contribution in [0.25, 0.3) is 0 Å². The largest absolute Gasteiger partial charge is 0.462 e. The van der Waals surface area contributed by atoms with Crippen LogP contribution in [0.5, 0.6) is 0 Å². The summed E-state index contributed by atoms with van der Waals surface area (Å²) in [6.07, 6.45) is 0.294. The van der Waals surface area contributed by atoms with Crippen LogP contribution in [0.2, 0.25) is 0 Å². The average molecular weight is 441 g/mol. The zero-order valence-electron chi connectivity index (χ0n) is 17.6. The molecule has 0 radical (unpaired) electrons. The summed E-state index contributed by atoms with van der Waals surface area (Å²) in [7, 11) is 0. The van der Waals surface area contributed by atoms with Gasteiger partial charge in [0.05, 0.1) is 17.4 Å². The fraction of sp³-hybridized carbons (Fsp3) is 0.682. The normalized spacial score (nSPS) is 46.6. The van der Waals surface area contributed by atoms with Crippen LogP contribution < -0.4 is 0 Å². The molecule has 3 rings (SSSR count). The van der Waals surface area contributed by atoms with Gasteiger partial charge in [0.2, 0.25) is 0 Å². The second kappa shape index (κ2) is 7.77. The van der Waals surface area contributed by atoms with Gasteiger partial charge in [-0.15, -0.1) is 11.6 Å². The number of carbonyl (C=O) groups is 3. The highest BCUT2D eigenvalue weighted by molar-refractivity contribution is 6.23. The molecule has 1 saturated carbocycles. The summed E-state index contributed by atoms with van der Waals surface area (Å²) in [5.74, 6) is -4.02. The maximum Gasteiger partial charge on any atom is 0.312 e. The van der Waals surface area contributed by atoms with Crippen molar-refractivity contribution in [3.05, 3.63) is 24.3 Å². The van der Waals surface area contributed by atoms with E-state index in [2.05, 4.69) is 6.58 Å². The first-order valence-electron chi connectivity index (χ1n) is 10.2. The van der Waals surface area contributed by atoms with Crippen LogP contribution >= 0.6 is 11.6 Å². The topological polar surface area (TPSA) is 110 Å². The van der Waals surface area contributed by atoms with E-state index in [4.69, 9.17) is 21.1 Å². The van der Waals surface area contributed by atoms with Crippen molar-refractivity contribution in [2.45, 2.75) is 69.8 Å². The standard InChI is InChI=1S/C22H29ClO7/c1-10-6-7-15(29-13(4)24)21(5)9-8-14(25)11(2)16(21)18(26)22(28)12(3)20(27)30-19(22)17(10)23/h8-9,11-12,15-19,26,28H,1,6-7H2,2-5H3. The lowest BCUT2D eigenvalue weighted by Crippen LogP contribution is -2.64. The Bertz CT molecular complexity index is 807. The summed E-state index contributed by atoms with van der Waals surface area (Å²) >= 11 is 6.55. The number of allylic oxidation sites excluding steroid dienone is 1. The Morgan fingerprint density at radius 3 is 2.60 bits per heavy atom. The molecule has 7 nitrogen and oxygen atoms in total. The number of rotatable bonds is 1. The number of esters is 2. The van der Waals surface area contributed by atoms with E-state index >= 15 is 0 Å². The van der Waals surface area contributed by atoms with Crippen molar-refractivity contribution in [1.29, 1.82) is 0 Å². The molecule has 0 aromatic rings.